The lowest BCUT2D eigenvalue weighted by Gasteiger charge is -2.25. The van der Waals surface area contributed by atoms with Crippen molar-refractivity contribution >= 4 is 44.8 Å². The lowest BCUT2D eigenvalue weighted by Crippen LogP contribution is -2.41. The van der Waals surface area contributed by atoms with Gasteiger partial charge in [0.05, 0.1) is 27.7 Å². The predicted octanol–water partition coefficient (Wildman–Crippen LogP) is 4.95. The number of aryl methyl sites for hydroxylation is 1. The Balaban J connectivity index is 1.72. The normalized spacial score (nSPS) is 11.1. The van der Waals surface area contributed by atoms with E-state index in [1.807, 2.05) is 24.3 Å². The SMILES string of the molecule is COc1cccc(CCCNC(=O)CN(c2cccc(Cl)c2Cl)S(=O)(=O)c2ccccc2)c1. The summed E-state index contributed by atoms with van der Waals surface area (Å²) in [7, 11) is -2.44. The Bertz CT molecular complexity index is 1200. The zero-order valence-electron chi connectivity index (χ0n) is 18.0. The van der Waals surface area contributed by atoms with Gasteiger partial charge in [0.25, 0.3) is 10.0 Å². The van der Waals surface area contributed by atoms with E-state index in [9.17, 15) is 13.2 Å². The number of hydrogen-bond donors (Lipinski definition) is 1. The van der Waals surface area contributed by atoms with Crippen LogP contribution in [0.2, 0.25) is 10.0 Å². The number of methoxy groups -OCH3 is 1. The van der Waals surface area contributed by atoms with Crippen molar-refractivity contribution < 1.29 is 17.9 Å². The van der Waals surface area contributed by atoms with Crippen molar-refractivity contribution in [3.63, 3.8) is 0 Å². The fraction of sp³-hybridized carbons (Fsp3) is 0.208. The van der Waals surface area contributed by atoms with Gasteiger partial charge in [-0.15, -0.1) is 0 Å². The molecule has 0 aliphatic heterocycles. The monoisotopic (exact) mass is 506 g/mol. The van der Waals surface area contributed by atoms with Gasteiger partial charge in [-0.05, 0) is 54.8 Å². The first kappa shape index (κ1) is 24.9. The Hall–Kier alpha value is -2.74. The maximum atomic E-state index is 13.3. The summed E-state index contributed by atoms with van der Waals surface area (Å²) in [6, 6.07) is 20.2. The lowest BCUT2D eigenvalue weighted by molar-refractivity contribution is -0.119. The van der Waals surface area contributed by atoms with E-state index in [1.165, 1.54) is 18.2 Å². The molecular formula is C24H24Cl2N2O4S. The Labute approximate surface area is 204 Å². The zero-order valence-corrected chi connectivity index (χ0v) is 20.3. The van der Waals surface area contributed by atoms with Crippen LogP contribution in [0.3, 0.4) is 0 Å². The molecule has 0 atom stereocenters. The van der Waals surface area contributed by atoms with Gasteiger partial charge in [0.15, 0.2) is 0 Å². The van der Waals surface area contributed by atoms with E-state index in [0.717, 1.165) is 22.0 Å². The van der Waals surface area contributed by atoms with Crippen molar-refractivity contribution in [3.05, 3.63) is 88.4 Å². The fourth-order valence-electron chi connectivity index (χ4n) is 3.24. The van der Waals surface area contributed by atoms with Gasteiger partial charge in [0, 0.05) is 6.54 Å². The third-order valence-corrected chi connectivity index (χ3v) is 7.50. The smallest absolute Gasteiger partial charge is 0.264 e. The molecule has 0 spiro atoms. The van der Waals surface area contributed by atoms with Crippen LogP contribution >= 0.6 is 23.2 Å². The van der Waals surface area contributed by atoms with Crippen LogP contribution in [0.1, 0.15) is 12.0 Å². The molecule has 0 fully saturated rings. The molecule has 3 aromatic carbocycles. The first-order chi connectivity index (χ1) is 15.8. The minimum Gasteiger partial charge on any atom is -0.497 e. The van der Waals surface area contributed by atoms with Gasteiger partial charge in [-0.1, -0.05) is 59.6 Å². The summed E-state index contributed by atoms with van der Waals surface area (Å²) < 4.78 is 32.9. The van der Waals surface area contributed by atoms with E-state index in [0.29, 0.717) is 13.0 Å². The highest BCUT2D eigenvalue weighted by molar-refractivity contribution is 7.92. The molecule has 3 aromatic rings. The Morgan fingerprint density at radius 1 is 1.00 bits per heavy atom. The average Bonchev–Trinajstić information content (AvgIpc) is 2.83. The van der Waals surface area contributed by atoms with Crippen LogP contribution in [0.4, 0.5) is 5.69 Å². The molecule has 0 heterocycles. The standard InChI is InChI=1S/C24H24Cl2N2O4S/c1-32-19-10-5-8-18(16-19)9-7-15-27-23(29)17-28(22-14-6-13-21(25)24(22)26)33(30,31)20-11-3-2-4-12-20/h2-6,8,10-14,16H,7,9,15,17H2,1H3,(H,27,29). The Morgan fingerprint density at radius 2 is 1.73 bits per heavy atom. The van der Waals surface area contributed by atoms with Crippen LogP contribution in [-0.2, 0) is 21.2 Å². The highest BCUT2D eigenvalue weighted by Crippen LogP contribution is 2.35. The van der Waals surface area contributed by atoms with Crippen molar-refractivity contribution in [2.24, 2.45) is 0 Å². The number of nitrogens with one attached hydrogen (secondary N) is 1. The second-order valence-electron chi connectivity index (χ2n) is 7.20. The summed E-state index contributed by atoms with van der Waals surface area (Å²) in [5.74, 6) is 0.327. The first-order valence-electron chi connectivity index (χ1n) is 10.2. The lowest BCUT2D eigenvalue weighted by atomic mass is 10.1. The van der Waals surface area contributed by atoms with Gasteiger partial charge in [0.1, 0.15) is 12.3 Å². The molecule has 0 aliphatic carbocycles. The molecule has 0 aromatic heterocycles. The number of carbonyl (C=O) groups excluding carboxylic acids is 1. The van der Waals surface area contributed by atoms with E-state index < -0.39 is 22.5 Å². The van der Waals surface area contributed by atoms with Gasteiger partial charge >= 0.3 is 0 Å². The van der Waals surface area contributed by atoms with Gasteiger partial charge < -0.3 is 10.1 Å². The number of halogens is 2. The summed E-state index contributed by atoms with van der Waals surface area (Å²) in [5.41, 5.74) is 1.22. The number of nitrogens with zero attached hydrogens (tertiary/aromatic N) is 1. The fourth-order valence-corrected chi connectivity index (χ4v) is 5.14. The molecule has 0 unspecified atom stereocenters. The number of anilines is 1. The molecule has 1 amide bonds. The molecule has 0 bridgehead atoms. The third kappa shape index (κ3) is 6.41. The number of sulfonamides is 1. The number of hydrogen-bond acceptors (Lipinski definition) is 4. The van der Waals surface area contributed by atoms with Crippen molar-refractivity contribution in [2.75, 3.05) is 24.5 Å². The Kier molecular flexibility index (Phi) is 8.61. The van der Waals surface area contributed by atoms with Gasteiger partial charge in [-0.2, -0.15) is 0 Å². The van der Waals surface area contributed by atoms with Gasteiger partial charge in [-0.3, -0.25) is 9.10 Å². The van der Waals surface area contributed by atoms with Crippen molar-refractivity contribution in [3.8, 4) is 5.75 Å². The van der Waals surface area contributed by atoms with E-state index in [-0.39, 0.29) is 20.6 Å². The molecule has 0 radical (unpaired) electrons. The quantitative estimate of drug-likeness (QED) is 0.394. The minimum atomic E-state index is -4.05. The van der Waals surface area contributed by atoms with Crippen LogP contribution in [0.5, 0.6) is 5.75 Å². The van der Waals surface area contributed by atoms with Crippen molar-refractivity contribution in [1.82, 2.24) is 5.32 Å². The maximum Gasteiger partial charge on any atom is 0.264 e. The van der Waals surface area contributed by atoms with Crippen LogP contribution in [0, 0.1) is 0 Å². The molecular weight excluding hydrogens is 483 g/mol. The van der Waals surface area contributed by atoms with E-state index in [2.05, 4.69) is 5.32 Å². The van der Waals surface area contributed by atoms with Crippen molar-refractivity contribution in [2.45, 2.75) is 17.7 Å². The summed E-state index contributed by atoms with van der Waals surface area (Å²) >= 11 is 12.4. The molecule has 33 heavy (non-hydrogen) atoms. The molecule has 1 N–H and O–H groups in total. The molecule has 0 aliphatic rings. The summed E-state index contributed by atoms with van der Waals surface area (Å²) in [5, 5.41) is 3.04. The van der Waals surface area contributed by atoms with Gasteiger partial charge in [0.2, 0.25) is 5.91 Å². The van der Waals surface area contributed by atoms with E-state index >= 15 is 0 Å². The van der Waals surface area contributed by atoms with Crippen molar-refractivity contribution in [1.29, 1.82) is 0 Å². The predicted molar refractivity (Wildman–Crippen MR) is 132 cm³/mol. The highest BCUT2D eigenvalue weighted by atomic mass is 35.5. The minimum absolute atomic E-state index is 0.0480. The number of carbonyl (C=O) groups is 1. The molecule has 174 valence electrons. The number of rotatable bonds is 10. The summed E-state index contributed by atoms with van der Waals surface area (Å²) in [6.07, 6.45) is 1.42. The van der Waals surface area contributed by atoms with Crippen LogP contribution in [0.15, 0.2) is 77.7 Å². The van der Waals surface area contributed by atoms with Crippen LogP contribution < -0.4 is 14.4 Å². The van der Waals surface area contributed by atoms with E-state index in [4.69, 9.17) is 27.9 Å². The van der Waals surface area contributed by atoms with Gasteiger partial charge in [-0.25, -0.2) is 8.42 Å². The second-order valence-corrected chi connectivity index (χ2v) is 9.85. The molecule has 0 saturated carbocycles. The van der Waals surface area contributed by atoms with Crippen LogP contribution in [0.25, 0.3) is 0 Å². The Morgan fingerprint density at radius 3 is 2.45 bits per heavy atom. The summed E-state index contributed by atoms with van der Waals surface area (Å²) in [6.45, 7) is -0.0466. The topological polar surface area (TPSA) is 75.7 Å². The summed E-state index contributed by atoms with van der Waals surface area (Å²) in [4.78, 5) is 12.7. The average molecular weight is 507 g/mol. The number of ether oxygens (including phenoxy) is 1. The maximum absolute atomic E-state index is 13.3. The second kappa shape index (κ2) is 11.4. The molecule has 6 nitrogen and oxygen atoms in total. The zero-order chi connectivity index (χ0) is 23.8. The molecule has 0 saturated heterocycles. The van der Waals surface area contributed by atoms with Crippen LogP contribution in [-0.4, -0.2) is 34.5 Å². The number of benzene rings is 3. The third-order valence-electron chi connectivity index (χ3n) is 4.92. The highest BCUT2D eigenvalue weighted by Gasteiger charge is 2.29. The van der Waals surface area contributed by atoms with E-state index in [1.54, 1.807) is 37.4 Å². The largest absolute Gasteiger partial charge is 0.497 e. The number of amides is 1. The molecule has 3 rings (SSSR count). The first-order valence-corrected chi connectivity index (χ1v) is 12.4. The molecule has 9 heteroatoms.